The molecule has 0 aromatic heterocycles. The first-order valence-corrected chi connectivity index (χ1v) is 8.11. The Morgan fingerprint density at radius 3 is 2.53 bits per heavy atom. The molecule has 7 nitrogen and oxygen atoms in total. The number of nitrogens with two attached hydrogens (primary N) is 1. The zero-order chi connectivity index (χ0) is 14.3. The minimum absolute atomic E-state index is 0.124. The van der Waals surface area contributed by atoms with Crippen molar-refractivity contribution in [3.8, 4) is 0 Å². The van der Waals surface area contributed by atoms with Crippen LogP contribution < -0.4 is 15.2 Å². The first kappa shape index (κ1) is 16.2. The molecular weight excluding hydrogens is 270 g/mol. The average molecular weight is 293 g/mol. The molecule has 1 saturated carbocycles. The number of hydrogen-bond donors (Lipinski definition) is 3. The Bertz CT molecular complexity index is 385. The van der Waals surface area contributed by atoms with Crippen LogP contribution in [0.1, 0.15) is 32.6 Å². The molecule has 0 heterocycles. The summed E-state index contributed by atoms with van der Waals surface area (Å²) in [5, 5.41) is 0. The zero-order valence-corrected chi connectivity index (χ0v) is 12.0. The van der Waals surface area contributed by atoms with Crippen molar-refractivity contribution in [2.24, 2.45) is 17.6 Å². The molecular formula is C11H23N3O4S. The predicted octanol–water partition coefficient (Wildman–Crippen LogP) is 0.332. The molecule has 4 N–H and O–H groups in total. The van der Waals surface area contributed by atoms with Gasteiger partial charge in [0.1, 0.15) is 0 Å². The summed E-state index contributed by atoms with van der Waals surface area (Å²) < 4.78 is 31.9. The van der Waals surface area contributed by atoms with E-state index in [9.17, 15) is 13.2 Å². The van der Waals surface area contributed by atoms with Crippen LogP contribution in [0.3, 0.4) is 0 Å². The van der Waals surface area contributed by atoms with E-state index in [1.165, 1.54) is 0 Å². The van der Waals surface area contributed by atoms with Crippen LogP contribution in [0.4, 0.5) is 4.79 Å². The van der Waals surface area contributed by atoms with Gasteiger partial charge in [-0.2, -0.15) is 13.1 Å². The molecule has 0 radical (unpaired) electrons. The van der Waals surface area contributed by atoms with E-state index in [1.807, 2.05) is 0 Å². The first-order chi connectivity index (χ1) is 8.98. The van der Waals surface area contributed by atoms with Gasteiger partial charge in [0.15, 0.2) is 0 Å². The first-order valence-electron chi connectivity index (χ1n) is 6.62. The van der Waals surface area contributed by atoms with Gasteiger partial charge < -0.3 is 10.5 Å². The molecule has 0 aromatic carbocycles. The Morgan fingerprint density at radius 1 is 1.32 bits per heavy atom. The molecule has 0 spiro atoms. The van der Waals surface area contributed by atoms with E-state index in [0.29, 0.717) is 19.0 Å². The summed E-state index contributed by atoms with van der Waals surface area (Å²) in [5.74, 6) is 0.580. The average Bonchev–Trinajstić information content (AvgIpc) is 2.36. The molecule has 112 valence electrons. The predicted molar refractivity (Wildman–Crippen MR) is 71.6 cm³/mol. The molecule has 1 aliphatic carbocycles. The lowest BCUT2D eigenvalue weighted by atomic mass is 9.79. The Labute approximate surface area is 114 Å². The number of carbonyl (C=O) groups is 1. The maximum Gasteiger partial charge on any atom is 0.421 e. The number of carbonyl (C=O) groups excluding carboxylic acids is 1. The highest BCUT2D eigenvalue weighted by molar-refractivity contribution is 7.88. The summed E-state index contributed by atoms with van der Waals surface area (Å²) in [6.07, 6.45) is 3.27. The molecule has 0 saturated heterocycles. The van der Waals surface area contributed by atoms with Crippen LogP contribution in [0, 0.1) is 11.8 Å². The van der Waals surface area contributed by atoms with Crippen molar-refractivity contribution in [2.75, 3.05) is 19.7 Å². The quantitative estimate of drug-likeness (QED) is 0.653. The molecule has 0 aliphatic heterocycles. The summed E-state index contributed by atoms with van der Waals surface area (Å²) in [6.45, 7) is 2.60. The van der Waals surface area contributed by atoms with Gasteiger partial charge in [-0.25, -0.2) is 9.52 Å². The van der Waals surface area contributed by atoms with Crippen molar-refractivity contribution in [1.82, 2.24) is 9.44 Å². The fourth-order valence-corrected chi connectivity index (χ4v) is 3.17. The van der Waals surface area contributed by atoms with Gasteiger partial charge in [0, 0.05) is 6.54 Å². The summed E-state index contributed by atoms with van der Waals surface area (Å²) in [5.41, 5.74) is 5.69. The molecule has 1 rings (SSSR count). The number of hydrogen-bond acceptors (Lipinski definition) is 5. The third-order valence-corrected chi connectivity index (χ3v) is 4.38. The van der Waals surface area contributed by atoms with Gasteiger partial charge in [-0.3, -0.25) is 0 Å². The second-order valence-corrected chi connectivity index (χ2v) is 6.21. The highest BCUT2D eigenvalue weighted by Gasteiger charge is 2.25. The molecule has 1 aliphatic rings. The van der Waals surface area contributed by atoms with E-state index in [2.05, 4.69) is 9.46 Å². The normalized spacial score (nSPS) is 23.9. The molecule has 19 heavy (non-hydrogen) atoms. The second-order valence-electron chi connectivity index (χ2n) is 4.71. The maximum absolute atomic E-state index is 11.6. The molecule has 0 bridgehead atoms. The van der Waals surface area contributed by atoms with Crippen LogP contribution in [-0.2, 0) is 14.9 Å². The van der Waals surface area contributed by atoms with Crippen molar-refractivity contribution >= 4 is 16.3 Å². The third-order valence-electron chi connectivity index (χ3n) is 3.40. The van der Waals surface area contributed by atoms with Crippen molar-refractivity contribution in [2.45, 2.75) is 32.6 Å². The SMILES string of the molecule is CCOC(=O)NS(=O)(=O)NCC1CCCCC1CN. The number of ether oxygens (including phenoxy) is 1. The topological polar surface area (TPSA) is 111 Å². The minimum atomic E-state index is -3.85. The number of amides is 1. The van der Waals surface area contributed by atoms with E-state index in [0.717, 1.165) is 25.7 Å². The van der Waals surface area contributed by atoms with Crippen molar-refractivity contribution in [3.05, 3.63) is 0 Å². The third kappa shape index (κ3) is 5.75. The van der Waals surface area contributed by atoms with Gasteiger partial charge in [0.25, 0.3) is 0 Å². The fourth-order valence-electron chi connectivity index (χ4n) is 2.39. The van der Waals surface area contributed by atoms with Gasteiger partial charge in [0.2, 0.25) is 0 Å². The second kappa shape index (κ2) is 7.66. The van der Waals surface area contributed by atoms with Gasteiger partial charge in [-0.1, -0.05) is 12.8 Å². The van der Waals surface area contributed by atoms with E-state index < -0.39 is 16.3 Å². The van der Waals surface area contributed by atoms with Crippen LogP contribution in [0.5, 0.6) is 0 Å². The minimum Gasteiger partial charge on any atom is -0.449 e. The van der Waals surface area contributed by atoms with Crippen LogP contribution in [-0.4, -0.2) is 34.2 Å². The lowest BCUT2D eigenvalue weighted by Crippen LogP contribution is -2.44. The van der Waals surface area contributed by atoms with Crippen LogP contribution in [0.2, 0.25) is 0 Å². The Balaban J connectivity index is 2.43. The highest BCUT2D eigenvalue weighted by atomic mass is 32.2. The van der Waals surface area contributed by atoms with E-state index in [-0.39, 0.29) is 12.5 Å². The molecule has 2 unspecified atom stereocenters. The van der Waals surface area contributed by atoms with Crippen LogP contribution in [0.25, 0.3) is 0 Å². The van der Waals surface area contributed by atoms with Crippen LogP contribution >= 0.6 is 0 Å². The number of rotatable bonds is 6. The lowest BCUT2D eigenvalue weighted by molar-refractivity contribution is 0.158. The van der Waals surface area contributed by atoms with E-state index in [1.54, 1.807) is 11.6 Å². The van der Waals surface area contributed by atoms with Gasteiger partial charge >= 0.3 is 16.3 Å². The smallest absolute Gasteiger partial charge is 0.421 e. The molecule has 1 fully saturated rings. The molecule has 8 heteroatoms. The summed E-state index contributed by atoms with van der Waals surface area (Å²) in [4.78, 5) is 11.1. The van der Waals surface area contributed by atoms with Crippen molar-refractivity contribution in [3.63, 3.8) is 0 Å². The van der Waals surface area contributed by atoms with Crippen LogP contribution in [0.15, 0.2) is 0 Å². The summed E-state index contributed by atoms with van der Waals surface area (Å²) in [6, 6.07) is 0. The Morgan fingerprint density at radius 2 is 1.95 bits per heavy atom. The Hall–Kier alpha value is -0.860. The standard InChI is InChI=1S/C11H23N3O4S/c1-2-18-11(15)14-19(16,17)13-8-10-6-4-3-5-9(10)7-12/h9-10,13H,2-8,12H2,1H3,(H,14,15). The van der Waals surface area contributed by atoms with Crippen molar-refractivity contribution in [1.29, 1.82) is 0 Å². The van der Waals surface area contributed by atoms with Gasteiger partial charge in [-0.15, -0.1) is 0 Å². The monoisotopic (exact) mass is 293 g/mol. The zero-order valence-electron chi connectivity index (χ0n) is 11.2. The van der Waals surface area contributed by atoms with Crippen molar-refractivity contribution < 1.29 is 17.9 Å². The summed E-state index contributed by atoms with van der Waals surface area (Å²) >= 11 is 0. The lowest BCUT2D eigenvalue weighted by Gasteiger charge is -2.30. The number of nitrogens with one attached hydrogen (secondary N) is 2. The highest BCUT2D eigenvalue weighted by Crippen LogP contribution is 2.28. The summed E-state index contributed by atoms with van der Waals surface area (Å²) in [7, 11) is -3.85. The van der Waals surface area contributed by atoms with Gasteiger partial charge in [0.05, 0.1) is 6.61 Å². The Kier molecular flexibility index (Phi) is 6.53. The molecule has 0 aromatic rings. The van der Waals surface area contributed by atoms with E-state index >= 15 is 0 Å². The maximum atomic E-state index is 11.6. The largest absolute Gasteiger partial charge is 0.449 e. The van der Waals surface area contributed by atoms with E-state index in [4.69, 9.17) is 5.73 Å². The fraction of sp³-hybridized carbons (Fsp3) is 0.909. The van der Waals surface area contributed by atoms with Gasteiger partial charge in [-0.05, 0) is 38.1 Å². The molecule has 2 atom stereocenters. The molecule has 1 amide bonds.